The highest BCUT2D eigenvalue weighted by Gasteiger charge is 2.00. The fraction of sp³-hybridized carbons (Fsp3) is 1.00. The lowest BCUT2D eigenvalue weighted by atomic mass is 10.4. The van der Waals surface area contributed by atoms with Gasteiger partial charge in [-0.1, -0.05) is 0 Å². The van der Waals surface area contributed by atoms with Crippen LogP contribution in [-0.4, -0.2) is 26.2 Å². The van der Waals surface area contributed by atoms with E-state index in [0.717, 1.165) is 32.6 Å². The van der Waals surface area contributed by atoms with Gasteiger partial charge in [0.25, 0.3) is 0 Å². The fourth-order valence-corrected chi connectivity index (χ4v) is 0.888. The molecule has 0 amide bonds. The van der Waals surface area contributed by atoms with Gasteiger partial charge in [0.05, 0.1) is 13.1 Å². The van der Waals surface area contributed by atoms with Crippen LogP contribution in [-0.2, 0) is 0 Å². The van der Waals surface area contributed by atoms with Crippen molar-refractivity contribution >= 4 is 0 Å². The summed E-state index contributed by atoms with van der Waals surface area (Å²) in [4.78, 5) is 0. The Bertz CT molecular complexity index is 59.4. The molecule has 0 aromatic rings. The molecule has 1 rings (SSSR count). The molecule has 0 spiro atoms. The molecule has 0 aromatic heterocycles. The maximum atomic E-state index is 10.6. The van der Waals surface area contributed by atoms with Crippen LogP contribution in [0.2, 0.25) is 0 Å². The van der Waals surface area contributed by atoms with Gasteiger partial charge in [-0.2, -0.15) is 0 Å². The van der Waals surface area contributed by atoms with Crippen molar-refractivity contribution in [1.82, 2.24) is 5.32 Å². The zero-order valence-electron chi connectivity index (χ0n) is 4.94. The minimum Gasteiger partial charge on any atom is -0.634 e. The molecule has 0 radical (unpaired) electrons. The summed E-state index contributed by atoms with van der Waals surface area (Å²) in [6.45, 7) is 3.43. The topological polar surface area (TPSA) is 39.5 Å². The Morgan fingerprint density at radius 3 is 3.00 bits per heavy atom. The Morgan fingerprint density at radius 2 is 2.12 bits per heavy atom. The van der Waals surface area contributed by atoms with Crippen LogP contribution in [0, 0.1) is 5.21 Å². The smallest absolute Gasteiger partial charge is 0.0895 e. The quantitative estimate of drug-likeness (QED) is 0.373. The molecule has 0 saturated carbocycles. The second-order valence-corrected chi connectivity index (χ2v) is 2.14. The summed E-state index contributed by atoms with van der Waals surface area (Å²) >= 11 is 0. The van der Waals surface area contributed by atoms with E-state index in [1.807, 2.05) is 0 Å². The maximum Gasteiger partial charge on any atom is 0.0895 e. The van der Waals surface area contributed by atoms with Crippen molar-refractivity contribution in [2.24, 2.45) is 0 Å². The van der Waals surface area contributed by atoms with Crippen molar-refractivity contribution in [2.75, 3.05) is 26.2 Å². The molecular formula is C5H12N2O. The molecule has 1 heterocycles. The van der Waals surface area contributed by atoms with Gasteiger partial charge in [0.2, 0.25) is 0 Å². The monoisotopic (exact) mass is 116 g/mol. The lowest BCUT2D eigenvalue weighted by Gasteiger charge is -2.18. The third kappa shape index (κ3) is 1.78. The van der Waals surface area contributed by atoms with Crippen LogP contribution >= 0.6 is 0 Å². The minimum absolute atomic E-state index is 0.412. The highest BCUT2D eigenvalue weighted by molar-refractivity contribution is 4.49. The Labute approximate surface area is 49.3 Å². The predicted molar refractivity (Wildman–Crippen MR) is 31.6 cm³/mol. The third-order valence-corrected chi connectivity index (χ3v) is 1.39. The van der Waals surface area contributed by atoms with E-state index in [1.54, 1.807) is 0 Å². The van der Waals surface area contributed by atoms with Crippen molar-refractivity contribution in [3.63, 3.8) is 0 Å². The Kier molecular flexibility index (Phi) is 2.27. The number of nitrogens with one attached hydrogen (secondary N) is 2. The van der Waals surface area contributed by atoms with Gasteiger partial charge in [0, 0.05) is 19.5 Å². The van der Waals surface area contributed by atoms with Gasteiger partial charge in [-0.25, -0.2) is 0 Å². The van der Waals surface area contributed by atoms with Crippen molar-refractivity contribution < 1.29 is 5.06 Å². The molecule has 8 heavy (non-hydrogen) atoms. The summed E-state index contributed by atoms with van der Waals surface area (Å²) < 4.78 is 0. The van der Waals surface area contributed by atoms with Gasteiger partial charge in [-0.05, 0) is 0 Å². The fourth-order valence-electron chi connectivity index (χ4n) is 0.888. The summed E-state index contributed by atoms with van der Waals surface area (Å²) in [5.41, 5.74) is 0. The van der Waals surface area contributed by atoms with E-state index >= 15 is 0 Å². The van der Waals surface area contributed by atoms with E-state index in [4.69, 9.17) is 0 Å². The average molecular weight is 116 g/mol. The number of quaternary nitrogens is 1. The van der Waals surface area contributed by atoms with Crippen molar-refractivity contribution in [3.05, 3.63) is 5.21 Å². The number of hydrogen-bond donors (Lipinski definition) is 2. The van der Waals surface area contributed by atoms with E-state index in [9.17, 15) is 5.21 Å². The average Bonchev–Trinajstić information content (AvgIpc) is 1.94. The number of rotatable bonds is 0. The van der Waals surface area contributed by atoms with E-state index in [1.165, 1.54) is 0 Å². The molecule has 3 heteroatoms. The van der Waals surface area contributed by atoms with Crippen LogP contribution in [0.5, 0.6) is 0 Å². The van der Waals surface area contributed by atoms with Crippen molar-refractivity contribution in [1.29, 1.82) is 0 Å². The lowest BCUT2D eigenvalue weighted by Crippen LogP contribution is -3.07. The third-order valence-electron chi connectivity index (χ3n) is 1.39. The zero-order chi connectivity index (χ0) is 5.82. The highest BCUT2D eigenvalue weighted by Crippen LogP contribution is 1.71. The molecule has 2 N–H and O–H groups in total. The van der Waals surface area contributed by atoms with Gasteiger partial charge in [-0.15, -0.1) is 0 Å². The summed E-state index contributed by atoms with van der Waals surface area (Å²) in [6.07, 6.45) is 1.03. The molecular weight excluding hydrogens is 104 g/mol. The standard InChI is InChI=1S/C5H12N2O/c8-7-4-1-2-6-3-5-7/h6-7H,1-5H2. The Morgan fingerprint density at radius 1 is 1.25 bits per heavy atom. The first-order chi connectivity index (χ1) is 3.89. The van der Waals surface area contributed by atoms with Gasteiger partial charge >= 0.3 is 0 Å². The number of hydrogen-bond acceptors (Lipinski definition) is 2. The molecule has 48 valence electrons. The summed E-state index contributed by atoms with van der Waals surface area (Å²) in [7, 11) is 0. The molecule has 0 aromatic carbocycles. The molecule has 0 bridgehead atoms. The first-order valence-electron chi connectivity index (χ1n) is 3.12. The molecule has 1 fully saturated rings. The highest BCUT2D eigenvalue weighted by atomic mass is 16.5. The lowest BCUT2D eigenvalue weighted by molar-refractivity contribution is -0.845. The van der Waals surface area contributed by atoms with E-state index in [2.05, 4.69) is 5.32 Å². The van der Waals surface area contributed by atoms with E-state index in [-0.39, 0.29) is 0 Å². The SMILES string of the molecule is [O-][NH+]1CCCNCC1. The maximum absolute atomic E-state index is 10.6. The molecule has 1 aliphatic heterocycles. The molecule has 1 unspecified atom stereocenters. The summed E-state index contributed by atoms with van der Waals surface area (Å²) in [5, 5.41) is 14.2. The Balaban J connectivity index is 2.17. The van der Waals surface area contributed by atoms with Gasteiger partial charge in [0.15, 0.2) is 0 Å². The van der Waals surface area contributed by atoms with Crippen LogP contribution in [0.1, 0.15) is 6.42 Å². The second kappa shape index (κ2) is 3.02. The second-order valence-electron chi connectivity index (χ2n) is 2.14. The minimum atomic E-state index is 0.412. The van der Waals surface area contributed by atoms with Gasteiger partial charge in [-0.3, -0.25) is 0 Å². The zero-order valence-corrected chi connectivity index (χ0v) is 4.94. The normalized spacial score (nSPS) is 31.9. The van der Waals surface area contributed by atoms with Crippen LogP contribution in [0.25, 0.3) is 0 Å². The van der Waals surface area contributed by atoms with E-state index < -0.39 is 0 Å². The molecule has 1 saturated heterocycles. The molecule has 0 aliphatic carbocycles. The molecule has 1 aliphatic rings. The van der Waals surface area contributed by atoms with Gasteiger partial charge in [0.1, 0.15) is 0 Å². The number of hydroxylamine groups is 2. The van der Waals surface area contributed by atoms with Crippen molar-refractivity contribution in [3.8, 4) is 0 Å². The first-order valence-corrected chi connectivity index (χ1v) is 3.12. The van der Waals surface area contributed by atoms with E-state index in [0.29, 0.717) is 5.06 Å². The Hall–Kier alpha value is -0.120. The predicted octanol–water partition coefficient (Wildman–Crippen LogP) is -1.64. The molecule has 3 nitrogen and oxygen atoms in total. The van der Waals surface area contributed by atoms with Gasteiger partial charge < -0.3 is 15.6 Å². The van der Waals surface area contributed by atoms with Crippen LogP contribution < -0.4 is 10.4 Å². The summed E-state index contributed by atoms with van der Waals surface area (Å²) in [5.74, 6) is 0. The van der Waals surface area contributed by atoms with Crippen molar-refractivity contribution in [2.45, 2.75) is 6.42 Å². The van der Waals surface area contributed by atoms with Crippen LogP contribution in [0.15, 0.2) is 0 Å². The largest absolute Gasteiger partial charge is 0.634 e. The first kappa shape index (κ1) is 6.01. The van der Waals surface area contributed by atoms with Crippen LogP contribution in [0.3, 0.4) is 0 Å². The summed E-state index contributed by atoms with van der Waals surface area (Å²) in [6, 6.07) is 0. The van der Waals surface area contributed by atoms with Crippen LogP contribution in [0.4, 0.5) is 0 Å². The molecule has 1 atom stereocenters.